The largest absolute Gasteiger partial charge is 0.0629 e. The third-order valence-electron chi connectivity index (χ3n) is 16.4. The molecule has 0 saturated heterocycles. The summed E-state index contributed by atoms with van der Waals surface area (Å²) < 4.78 is 145. The highest BCUT2D eigenvalue weighted by Crippen LogP contribution is 2.39. The fraction of sp³-hybridized carbons (Fsp3) is 0.571. The molecule has 546 valence electrons. The summed E-state index contributed by atoms with van der Waals surface area (Å²) >= 11 is 0. The van der Waals surface area contributed by atoms with E-state index >= 15 is 0 Å². The predicted octanol–water partition coefficient (Wildman–Crippen LogP) is 30.3. The van der Waals surface area contributed by atoms with Gasteiger partial charge in [0.05, 0.1) is 21.9 Å². The summed E-state index contributed by atoms with van der Waals surface area (Å²) in [6, 6.07) is 16.1. The summed E-state index contributed by atoms with van der Waals surface area (Å²) in [5, 5.41) is 0. The van der Waals surface area contributed by atoms with Crippen molar-refractivity contribution in [3.63, 3.8) is 0 Å². The minimum absolute atomic E-state index is 0.00185. The second kappa shape index (κ2) is 35.4. The van der Waals surface area contributed by atoms with Gasteiger partial charge in [-0.25, -0.2) is 0 Å². The Morgan fingerprint density at radius 3 is 0.878 bits per heavy atom. The zero-order chi connectivity index (χ0) is 92.6. The van der Waals surface area contributed by atoms with Crippen LogP contribution in [0.4, 0.5) is 0 Å². The lowest BCUT2D eigenvalue weighted by molar-refractivity contribution is 0.542. The molecule has 0 bridgehead atoms. The van der Waals surface area contributed by atoms with Gasteiger partial charge in [0.1, 0.15) is 0 Å². The first-order valence-corrected chi connectivity index (χ1v) is 35.9. The second-order valence-corrected chi connectivity index (χ2v) is 38.4. The lowest BCUT2D eigenvalue weighted by atomic mass is 9.73. The predicted molar refractivity (Wildman–Crippen MR) is 448 cm³/mol. The quantitative estimate of drug-likeness (QED) is 0.165. The lowest BCUT2D eigenvalue weighted by Gasteiger charge is -2.32. The maximum Gasteiger partial charge on any atom is 0.0629 e. The van der Waals surface area contributed by atoms with E-state index in [1.54, 1.807) is 13.8 Å². The standard InChI is InChI=1S/C19H32.2C15H24.C14H22.C13H20.2C11H16/c1-13-15(18(5,6)7)11-14(17(2,3)4)12-16(13)19(8,9)10;1-11-8-12(14(2,3)4)10-13(9-11)15(5,6)7;1-11-12(14(2,3)4)9-8-10-13(11)15(5,6)7;1-10(2)12-7-11(3)8-13(9-12)14(4,5)6;1-9(2)12-6-11(5)7-13(8-12)10(3)4;1-9-5-7-10(8-6-9)11(2,3)4;1-9-6-5-7-10(8-9)11(2,3)4/h11-12H,1-10H3;2*8-10H,1-7H3;7-10H,1-6H3;6-10H,1-5H3;2*5-8H,1-4H3/i11D,12D;2*8D,9D,10D;10D;9D;2*5D,6D,7D,8D. The summed E-state index contributed by atoms with van der Waals surface area (Å²) in [7, 11) is 0. The molecule has 0 fully saturated rings. The molecule has 0 aliphatic heterocycles. The number of hydrogen-bond acceptors (Lipinski definition) is 0. The lowest BCUT2D eigenvalue weighted by Crippen LogP contribution is -2.23. The summed E-state index contributed by atoms with van der Waals surface area (Å²) in [5.74, 6) is -0.460. The van der Waals surface area contributed by atoms with Crippen molar-refractivity contribution in [1.29, 1.82) is 0 Å². The van der Waals surface area contributed by atoms with Gasteiger partial charge in [-0.05, 0) is 204 Å². The van der Waals surface area contributed by atoms with E-state index in [1.807, 2.05) is 125 Å². The minimum Gasteiger partial charge on any atom is -0.0617 e. The minimum atomic E-state index is -0.508. The van der Waals surface area contributed by atoms with Crippen LogP contribution in [0, 0.1) is 48.5 Å². The third-order valence-corrected chi connectivity index (χ3v) is 16.4. The molecule has 0 unspecified atom stereocenters. The number of benzene rings is 7. The Hall–Kier alpha value is -5.46. The van der Waals surface area contributed by atoms with Crippen LogP contribution >= 0.6 is 0 Å². The molecule has 7 rings (SSSR count). The molecular formula is C98H154. The summed E-state index contributed by atoms with van der Waals surface area (Å²) in [6.45, 7) is 87.3. The number of rotatable bonds is 3. The maximum atomic E-state index is 8.72. The molecule has 0 amide bonds. The first-order chi connectivity index (χ1) is 51.1. The molecule has 0 aromatic heterocycles. The Morgan fingerprint density at radius 2 is 0.541 bits per heavy atom. The van der Waals surface area contributed by atoms with Gasteiger partial charge in [-0.15, -0.1) is 0 Å². The van der Waals surface area contributed by atoms with Crippen molar-refractivity contribution in [2.45, 2.75) is 370 Å². The fourth-order valence-electron chi connectivity index (χ4n) is 10.3. The first kappa shape index (κ1) is 63.5. The zero-order valence-electron chi connectivity index (χ0n) is 89.0. The van der Waals surface area contributed by atoms with Crippen LogP contribution in [0.25, 0.3) is 0 Å². The van der Waals surface area contributed by atoms with E-state index < -0.39 is 11.8 Å². The van der Waals surface area contributed by atoms with Gasteiger partial charge in [-0.2, -0.15) is 0 Å². The SMILES string of the molecule is [2H]C(C)(C)c1cc(C)cc(C(C)(C)C)c1.[2H]C(C)(C)c1cc(C)cc(C(C)C)c1.[2H]c1c(C(C)(C)C)c([2H])c(C(C)(C)C)c(C)c1C(C)(C)C.[2H]c1c(C)c([2H])c(C(C)(C)C)c([2H])c1C(C)(C)C.[2H]c1c([2H])c(C(C)(C)C)c(C)c(C(C)(C)C)c1[2H].[2H]c1c([2H])c(C(C)(C)C)c([2H])c([2H])c1C.[2H]c1c([2H])c(C)c([2H])c(C(C)(C)C)c1[2H]. The monoisotopic (exact) mass is 1350 g/mol. The summed E-state index contributed by atoms with van der Waals surface area (Å²) in [4.78, 5) is 0. The fourth-order valence-corrected chi connectivity index (χ4v) is 10.3. The molecule has 0 nitrogen and oxygen atoms in total. The van der Waals surface area contributed by atoms with Crippen LogP contribution in [-0.2, 0) is 54.1 Å². The van der Waals surface area contributed by atoms with Gasteiger partial charge >= 0.3 is 0 Å². The number of aryl methyl sites for hydroxylation is 2. The van der Waals surface area contributed by atoms with Gasteiger partial charge in [-0.1, -0.05) is 410 Å². The van der Waals surface area contributed by atoms with E-state index in [-0.39, 0.29) is 121 Å². The van der Waals surface area contributed by atoms with Crippen LogP contribution in [0.15, 0.2) is 133 Å². The normalized spacial score (nSPS) is 15.3. The summed E-state index contributed by atoms with van der Waals surface area (Å²) in [5.41, 5.74) is 16.7. The molecule has 7 aromatic rings. The highest BCUT2D eigenvalue weighted by molar-refractivity contribution is 5.47. The highest BCUT2D eigenvalue weighted by atomic mass is 14.3. The Kier molecular flexibility index (Phi) is 22.9. The summed E-state index contributed by atoms with van der Waals surface area (Å²) in [6.07, 6.45) is 0. The molecule has 0 heteroatoms. The van der Waals surface area contributed by atoms with Crippen LogP contribution in [0.5, 0.6) is 0 Å². The van der Waals surface area contributed by atoms with Gasteiger partial charge in [0.25, 0.3) is 0 Å². The van der Waals surface area contributed by atoms with E-state index in [2.05, 4.69) is 196 Å². The van der Waals surface area contributed by atoms with E-state index in [0.717, 1.165) is 61.2 Å². The molecule has 0 spiro atoms. The van der Waals surface area contributed by atoms with Crippen molar-refractivity contribution in [2.24, 2.45) is 0 Å². The first-order valence-electron chi connectivity index (χ1n) is 44.9. The Labute approximate surface area is 636 Å². The van der Waals surface area contributed by atoms with Gasteiger partial charge < -0.3 is 0 Å². The average Bonchev–Trinajstić information content (AvgIpc) is 0.740. The molecule has 0 aliphatic rings. The van der Waals surface area contributed by atoms with Gasteiger partial charge in [0, 0.05) is 2.74 Å². The van der Waals surface area contributed by atoms with Gasteiger partial charge in [0.2, 0.25) is 0 Å². The van der Waals surface area contributed by atoms with Crippen LogP contribution in [0.3, 0.4) is 0 Å². The van der Waals surface area contributed by atoms with Crippen LogP contribution < -0.4 is 0 Å². The van der Waals surface area contributed by atoms with Crippen LogP contribution in [0.2, 0.25) is 0 Å². The molecule has 0 radical (unpaired) electrons. The van der Waals surface area contributed by atoms with Crippen molar-refractivity contribution >= 4 is 0 Å². The highest BCUT2D eigenvalue weighted by Gasteiger charge is 2.28. The molecule has 0 heterocycles. The van der Waals surface area contributed by atoms with E-state index in [0.29, 0.717) is 63.9 Å². The van der Waals surface area contributed by atoms with Crippen molar-refractivity contribution < 1.29 is 24.7 Å². The molecule has 0 atom stereocenters. The van der Waals surface area contributed by atoms with E-state index in [1.165, 1.54) is 22.3 Å². The molecule has 0 saturated carbocycles. The Balaban J connectivity index is 0.000000679. The molecular weight excluding hydrogens is 1180 g/mol. The smallest absolute Gasteiger partial charge is 0.0617 e. The van der Waals surface area contributed by atoms with Crippen molar-refractivity contribution in [2.75, 3.05) is 0 Å². The molecule has 0 aliphatic carbocycles. The van der Waals surface area contributed by atoms with E-state index in [4.69, 9.17) is 24.7 Å². The third kappa shape index (κ3) is 31.2. The second-order valence-electron chi connectivity index (χ2n) is 38.4. The van der Waals surface area contributed by atoms with Crippen molar-refractivity contribution in [3.8, 4) is 0 Å². The maximum absolute atomic E-state index is 8.72. The van der Waals surface area contributed by atoms with Crippen molar-refractivity contribution in [1.82, 2.24) is 0 Å². The van der Waals surface area contributed by atoms with Crippen LogP contribution in [0.1, 0.15) is 403 Å². The van der Waals surface area contributed by atoms with Gasteiger partial charge in [0.15, 0.2) is 0 Å². The van der Waals surface area contributed by atoms with Crippen LogP contribution in [-0.4, -0.2) is 0 Å². The molecule has 0 N–H and O–H groups in total. The Morgan fingerprint density at radius 1 is 0.235 bits per heavy atom. The zero-order valence-corrected chi connectivity index (χ0v) is 71.0. The average molecular weight is 1350 g/mol. The number of hydrogen-bond donors (Lipinski definition) is 0. The van der Waals surface area contributed by atoms with E-state index in [9.17, 15) is 0 Å². The van der Waals surface area contributed by atoms with Gasteiger partial charge in [-0.3, -0.25) is 0 Å². The Bertz CT molecular complexity index is 4170. The van der Waals surface area contributed by atoms with Crippen molar-refractivity contribution in [3.05, 3.63) is 244 Å². The molecule has 7 aromatic carbocycles. The molecule has 98 heavy (non-hydrogen) atoms. The topological polar surface area (TPSA) is 0 Å².